The largest absolute Gasteiger partial charge is 0.362 e. The number of hydrogen-bond acceptors (Lipinski definition) is 5. The molecule has 8 heteroatoms. The highest BCUT2D eigenvalue weighted by atomic mass is 32.1. The molecule has 126 valence electrons. The van der Waals surface area contributed by atoms with Crippen molar-refractivity contribution in [3.05, 3.63) is 62.3 Å². The normalized spacial score (nSPS) is 10.2. The van der Waals surface area contributed by atoms with E-state index < -0.39 is 4.92 Å². The number of carbonyl (C=O) groups is 1. The molecule has 0 aliphatic heterocycles. The van der Waals surface area contributed by atoms with Crippen LogP contribution in [-0.4, -0.2) is 22.5 Å². The van der Waals surface area contributed by atoms with Gasteiger partial charge in [0.25, 0.3) is 11.6 Å². The van der Waals surface area contributed by atoms with Crippen molar-refractivity contribution in [3.63, 3.8) is 0 Å². The number of nitro groups is 1. The Balaban J connectivity index is 1.61. The van der Waals surface area contributed by atoms with Crippen LogP contribution in [0, 0.1) is 10.1 Å². The quantitative estimate of drug-likeness (QED) is 0.341. The summed E-state index contributed by atoms with van der Waals surface area (Å²) in [5, 5.41) is 18.4. The van der Waals surface area contributed by atoms with Crippen molar-refractivity contribution < 1.29 is 9.72 Å². The third-order valence-electron chi connectivity index (χ3n) is 3.30. The van der Waals surface area contributed by atoms with Gasteiger partial charge in [-0.15, -0.1) is 11.3 Å². The van der Waals surface area contributed by atoms with Crippen molar-refractivity contribution in [3.8, 4) is 0 Å². The van der Waals surface area contributed by atoms with E-state index in [9.17, 15) is 14.9 Å². The number of thiocarbonyl (C=S) groups is 1. The Bertz CT molecular complexity index is 700. The van der Waals surface area contributed by atoms with Gasteiger partial charge in [0.1, 0.15) is 0 Å². The standard InChI is InChI=1S/C16H17N3O3S2/c20-15(14-5-3-11-24-14)18-16(23)17-10-2-1-4-12-6-8-13(9-7-12)19(21)22/h3,5-9,11H,1-2,4,10H2,(H2,17,18,20,23). The maximum Gasteiger partial charge on any atom is 0.269 e. The molecule has 0 saturated carbocycles. The van der Waals surface area contributed by atoms with Gasteiger partial charge in [0.2, 0.25) is 0 Å². The summed E-state index contributed by atoms with van der Waals surface area (Å²) in [6.07, 6.45) is 2.65. The first-order valence-electron chi connectivity index (χ1n) is 7.42. The highest BCUT2D eigenvalue weighted by Crippen LogP contribution is 2.13. The highest BCUT2D eigenvalue weighted by Gasteiger charge is 2.08. The van der Waals surface area contributed by atoms with Gasteiger partial charge in [-0.05, 0) is 48.5 Å². The molecule has 1 heterocycles. The van der Waals surface area contributed by atoms with Crippen LogP contribution in [0.25, 0.3) is 0 Å². The number of nitro benzene ring substituents is 1. The molecule has 0 radical (unpaired) electrons. The van der Waals surface area contributed by atoms with Crippen LogP contribution >= 0.6 is 23.6 Å². The molecular weight excluding hydrogens is 346 g/mol. The molecule has 2 rings (SSSR count). The SMILES string of the molecule is O=C(NC(=S)NCCCCc1ccc([N+](=O)[O-])cc1)c1cccs1. The first-order chi connectivity index (χ1) is 11.6. The molecule has 0 bridgehead atoms. The van der Waals surface area contributed by atoms with E-state index in [1.165, 1.54) is 23.5 Å². The maximum absolute atomic E-state index is 11.8. The van der Waals surface area contributed by atoms with E-state index in [1.807, 2.05) is 11.4 Å². The van der Waals surface area contributed by atoms with Gasteiger partial charge in [-0.25, -0.2) is 0 Å². The Hall–Kier alpha value is -2.32. The number of unbranched alkanes of at least 4 members (excludes halogenated alkanes) is 1. The molecule has 1 aromatic heterocycles. The average molecular weight is 363 g/mol. The maximum atomic E-state index is 11.8. The van der Waals surface area contributed by atoms with Crippen LogP contribution in [0.2, 0.25) is 0 Å². The smallest absolute Gasteiger partial charge is 0.269 e. The van der Waals surface area contributed by atoms with E-state index >= 15 is 0 Å². The second-order valence-electron chi connectivity index (χ2n) is 5.07. The predicted molar refractivity (Wildman–Crippen MR) is 98.4 cm³/mol. The fourth-order valence-corrected chi connectivity index (χ4v) is 2.87. The van der Waals surface area contributed by atoms with Crippen molar-refractivity contribution in [2.45, 2.75) is 19.3 Å². The zero-order valence-corrected chi connectivity index (χ0v) is 14.5. The molecule has 2 aromatic rings. The Labute approximate surface area is 149 Å². The topological polar surface area (TPSA) is 84.3 Å². The highest BCUT2D eigenvalue weighted by molar-refractivity contribution is 7.80. The number of non-ortho nitro benzene ring substituents is 1. The van der Waals surface area contributed by atoms with Gasteiger partial charge in [-0.3, -0.25) is 20.2 Å². The minimum absolute atomic E-state index is 0.104. The van der Waals surface area contributed by atoms with Crippen molar-refractivity contribution in [1.29, 1.82) is 0 Å². The fourth-order valence-electron chi connectivity index (χ4n) is 2.06. The number of rotatable bonds is 7. The van der Waals surface area contributed by atoms with Gasteiger partial charge in [0.05, 0.1) is 9.80 Å². The summed E-state index contributed by atoms with van der Waals surface area (Å²) in [5.41, 5.74) is 1.17. The van der Waals surface area contributed by atoms with Crippen LogP contribution < -0.4 is 10.6 Å². The third kappa shape index (κ3) is 5.71. The number of benzene rings is 1. The first kappa shape index (κ1) is 18.0. The van der Waals surface area contributed by atoms with E-state index in [2.05, 4.69) is 10.6 Å². The van der Waals surface area contributed by atoms with Crippen molar-refractivity contribution >= 4 is 40.3 Å². The van der Waals surface area contributed by atoms with Crippen LogP contribution in [0.15, 0.2) is 41.8 Å². The lowest BCUT2D eigenvalue weighted by atomic mass is 10.1. The van der Waals surface area contributed by atoms with E-state index in [0.717, 1.165) is 24.8 Å². The Morgan fingerprint density at radius 1 is 1.21 bits per heavy atom. The summed E-state index contributed by atoms with van der Waals surface area (Å²) in [7, 11) is 0. The molecule has 2 N–H and O–H groups in total. The van der Waals surface area contributed by atoms with Crippen molar-refractivity contribution in [1.82, 2.24) is 10.6 Å². The molecule has 0 aliphatic carbocycles. The lowest BCUT2D eigenvalue weighted by molar-refractivity contribution is -0.384. The molecule has 0 atom stereocenters. The van der Waals surface area contributed by atoms with Crippen LogP contribution in [0.1, 0.15) is 28.1 Å². The van der Waals surface area contributed by atoms with Gasteiger partial charge < -0.3 is 5.32 Å². The Morgan fingerprint density at radius 3 is 2.58 bits per heavy atom. The van der Waals surface area contributed by atoms with Crippen LogP contribution in [0.4, 0.5) is 5.69 Å². The predicted octanol–water partition coefficient (Wildman–Crippen LogP) is 3.28. The Kier molecular flexibility index (Phi) is 6.83. The molecule has 0 unspecified atom stereocenters. The molecule has 0 saturated heterocycles. The van der Waals surface area contributed by atoms with E-state index in [1.54, 1.807) is 18.2 Å². The lowest BCUT2D eigenvalue weighted by Crippen LogP contribution is -2.39. The number of hydrogen-bond donors (Lipinski definition) is 2. The number of amides is 1. The summed E-state index contributed by atoms with van der Waals surface area (Å²) < 4.78 is 0. The first-order valence-corrected chi connectivity index (χ1v) is 8.71. The van der Waals surface area contributed by atoms with Gasteiger partial charge in [0, 0.05) is 18.7 Å². The van der Waals surface area contributed by atoms with E-state index in [-0.39, 0.29) is 11.6 Å². The van der Waals surface area contributed by atoms with Crippen molar-refractivity contribution in [2.24, 2.45) is 0 Å². The molecule has 0 aliphatic rings. The zero-order chi connectivity index (χ0) is 17.4. The average Bonchev–Trinajstić information content (AvgIpc) is 3.09. The molecule has 1 amide bonds. The van der Waals surface area contributed by atoms with Crippen LogP contribution in [0.5, 0.6) is 0 Å². The summed E-state index contributed by atoms with van der Waals surface area (Å²) in [5.74, 6) is -0.201. The monoisotopic (exact) mass is 363 g/mol. The molecule has 24 heavy (non-hydrogen) atoms. The van der Waals surface area contributed by atoms with Crippen LogP contribution in [-0.2, 0) is 6.42 Å². The second kappa shape index (κ2) is 9.09. The van der Waals surface area contributed by atoms with Gasteiger partial charge in [0.15, 0.2) is 5.11 Å². The number of nitrogens with one attached hydrogen (secondary N) is 2. The lowest BCUT2D eigenvalue weighted by Gasteiger charge is -2.08. The van der Waals surface area contributed by atoms with Gasteiger partial charge in [-0.1, -0.05) is 18.2 Å². The van der Waals surface area contributed by atoms with Gasteiger partial charge in [-0.2, -0.15) is 0 Å². The third-order valence-corrected chi connectivity index (χ3v) is 4.41. The number of carbonyl (C=O) groups excluding carboxylic acids is 1. The minimum atomic E-state index is -0.404. The van der Waals surface area contributed by atoms with E-state index in [0.29, 0.717) is 16.5 Å². The van der Waals surface area contributed by atoms with Crippen LogP contribution in [0.3, 0.4) is 0 Å². The zero-order valence-electron chi connectivity index (χ0n) is 12.9. The number of nitrogens with zero attached hydrogens (tertiary/aromatic N) is 1. The molecule has 1 aromatic carbocycles. The fraction of sp³-hybridized carbons (Fsp3) is 0.250. The summed E-state index contributed by atoms with van der Waals surface area (Å²) in [4.78, 5) is 22.6. The second-order valence-corrected chi connectivity index (χ2v) is 6.42. The van der Waals surface area contributed by atoms with E-state index in [4.69, 9.17) is 12.2 Å². The molecule has 6 nitrogen and oxygen atoms in total. The van der Waals surface area contributed by atoms with Gasteiger partial charge >= 0.3 is 0 Å². The van der Waals surface area contributed by atoms with Crippen molar-refractivity contribution in [2.75, 3.05) is 6.54 Å². The Morgan fingerprint density at radius 2 is 1.96 bits per heavy atom. The number of thiophene rings is 1. The summed E-state index contributed by atoms with van der Waals surface area (Å²) >= 11 is 6.45. The molecule has 0 spiro atoms. The number of aryl methyl sites for hydroxylation is 1. The molecule has 0 fully saturated rings. The summed E-state index contributed by atoms with van der Waals surface area (Å²) in [6, 6.07) is 10.1. The summed E-state index contributed by atoms with van der Waals surface area (Å²) in [6.45, 7) is 0.663. The molecular formula is C16H17N3O3S2. The minimum Gasteiger partial charge on any atom is -0.362 e.